The van der Waals surface area contributed by atoms with E-state index >= 15 is 0 Å². The molecule has 434 valence electrons. The van der Waals surface area contributed by atoms with Gasteiger partial charge in [0.1, 0.15) is 85.6 Å². The van der Waals surface area contributed by atoms with E-state index in [0.29, 0.717) is 44.9 Å². The Bertz CT molecular complexity index is 2130. The van der Waals surface area contributed by atoms with Crippen LogP contribution in [0.5, 0.6) is 0 Å². The molecule has 0 radical (unpaired) electrons. The second-order valence-electron chi connectivity index (χ2n) is 25.3. The number of aliphatic carboxylic acids is 1. The van der Waals surface area contributed by atoms with Crippen molar-refractivity contribution < 1.29 is 119 Å². The van der Waals surface area contributed by atoms with Crippen molar-refractivity contribution in [1.82, 2.24) is 0 Å². The number of carbonyl (C=O) groups is 2. The lowest BCUT2D eigenvalue weighted by molar-refractivity contribution is -0.398. The zero-order valence-corrected chi connectivity index (χ0v) is 43.8. The zero-order chi connectivity index (χ0) is 55.6. The lowest BCUT2D eigenvalue weighted by Gasteiger charge is -2.72. The van der Waals surface area contributed by atoms with Crippen molar-refractivity contribution in [2.75, 3.05) is 26.4 Å². The van der Waals surface area contributed by atoms with Crippen molar-refractivity contribution in [3.63, 3.8) is 0 Å². The van der Waals surface area contributed by atoms with E-state index in [9.17, 15) is 81.1 Å². The molecule has 14 N–H and O–H groups in total. The molecule has 24 heteroatoms. The van der Waals surface area contributed by atoms with Crippen LogP contribution in [0.1, 0.15) is 92.9 Å². The summed E-state index contributed by atoms with van der Waals surface area (Å²) in [7, 11) is 0. The molecule has 4 heterocycles. The van der Waals surface area contributed by atoms with E-state index in [-0.39, 0.29) is 36.2 Å². The monoisotopic (exact) mass is 1090 g/mol. The summed E-state index contributed by atoms with van der Waals surface area (Å²) < 4.78 is 48.0. The summed E-state index contributed by atoms with van der Waals surface area (Å²) in [6, 6.07) is 0. The van der Waals surface area contributed by atoms with Crippen molar-refractivity contribution in [3.8, 4) is 0 Å². The highest BCUT2D eigenvalue weighted by molar-refractivity contribution is 5.73. The van der Waals surface area contributed by atoms with Gasteiger partial charge in [-0.2, -0.15) is 0 Å². The molecule has 0 aromatic rings. The first kappa shape index (κ1) is 58.7. The topological polar surface area (TPSA) is 391 Å². The van der Waals surface area contributed by atoms with Gasteiger partial charge in [-0.25, -0.2) is 4.79 Å². The number of fused-ring (bicyclic) bond motifs is 7. The van der Waals surface area contributed by atoms with Gasteiger partial charge in [0, 0.05) is 0 Å². The molecule has 24 nitrogen and oxygen atoms in total. The summed E-state index contributed by atoms with van der Waals surface area (Å²) in [5, 5.41) is 153. The van der Waals surface area contributed by atoms with Crippen LogP contribution in [-0.4, -0.2) is 239 Å². The first-order chi connectivity index (χ1) is 35.6. The predicted molar refractivity (Wildman–Crippen MR) is 254 cm³/mol. The summed E-state index contributed by atoms with van der Waals surface area (Å²) in [5.74, 6) is -2.44. The molecule has 0 unspecified atom stereocenters. The predicted octanol–water partition coefficient (Wildman–Crippen LogP) is -3.07. The fraction of sp³-hybridized carbons (Fsp3) is 0.923. The van der Waals surface area contributed by atoms with Crippen LogP contribution < -0.4 is 0 Å². The van der Waals surface area contributed by atoms with E-state index in [1.165, 1.54) is 0 Å². The molecular formula is C52H82O24. The third-order valence-electron chi connectivity index (χ3n) is 20.7. The lowest BCUT2D eigenvalue weighted by atomic mass is 9.33. The number of ether oxygens (including phenoxy) is 8. The molecule has 0 spiro atoms. The standard InChI is InChI=1S/C52H82O24/c1-47(2)13-22-21-7-8-27-48(3)11-10-30(49(4,19-54)26(48)9-12-50(27,5)51(21,6)15-29(59)52(22,20-55)28(58)14-47)72-46-41(76-44-36(65)34(63)33(62)25(16-53)71-44)38(37(66)39(74-46)42(67)68)73-45-40(32(61)24(57)18-70-45)75-43-35(64)31(60)23(56)17-69-43/h7,19,22-41,43-46,53,55-66H,8-18,20H2,1-6H3,(H,67,68)/t22-,23+,24-,25+,26+,27-,28-,29+,30-,31-,32-,33-,34-,35+,36+,37-,38-,39-,40+,41+,43-,44-,45-,46+,48-,49-,50+,51+,52+/m0/s1. The van der Waals surface area contributed by atoms with Gasteiger partial charge in [-0.3, -0.25) is 0 Å². The molecule has 9 aliphatic rings. The second kappa shape index (κ2) is 21.1. The number of hydrogen-bond donors (Lipinski definition) is 14. The number of aliphatic hydroxyl groups excluding tert-OH is 13. The van der Waals surface area contributed by atoms with Gasteiger partial charge >= 0.3 is 5.97 Å². The Morgan fingerprint density at radius 3 is 1.91 bits per heavy atom. The number of aldehydes is 1. The number of carboxylic acid groups (broad SMARTS) is 1. The quantitative estimate of drug-likeness (QED) is 0.0524. The fourth-order valence-electron chi connectivity index (χ4n) is 16.2. The number of carboxylic acids is 1. The molecule has 4 aliphatic heterocycles. The van der Waals surface area contributed by atoms with Crippen LogP contribution in [0.25, 0.3) is 0 Å². The van der Waals surface area contributed by atoms with Crippen LogP contribution in [0.3, 0.4) is 0 Å². The van der Waals surface area contributed by atoms with E-state index in [1.807, 2.05) is 0 Å². The SMILES string of the molecule is CC1(C)C[C@H](O)[C@]2(CO)[C@H](O)C[C@]3(C)C(=CC[C@H]4[C@@]5(C)CC[C@H](O[C@@H]6O[C@H](C(=O)O)[C@@H](O)[C@H](O[C@@H]7OC[C@H](O)[C@H](O)[C@H]7O[C@@H]7OC[C@@H](O)[C@H](O)[C@H]7O)[C@H]6O[C@@H]6O[C@H](CO)[C@H](O)[C@H](O)[C@H]6O)[C@@](C)(C=O)[C@@H]5CC[C@]43C)[C@@H]2C1. The largest absolute Gasteiger partial charge is 0.479 e. The average molecular weight is 1090 g/mol. The van der Waals surface area contributed by atoms with Gasteiger partial charge in [0.05, 0.1) is 55.6 Å². The van der Waals surface area contributed by atoms with Crippen molar-refractivity contribution in [3.05, 3.63) is 11.6 Å². The smallest absolute Gasteiger partial charge is 0.335 e. The maximum absolute atomic E-state index is 14.0. The zero-order valence-electron chi connectivity index (χ0n) is 43.8. The fourth-order valence-corrected chi connectivity index (χ4v) is 16.2. The highest BCUT2D eigenvalue weighted by atomic mass is 16.8. The van der Waals surface area contributed by atoms with Gasteiger partial charge in [0.15, 0.2) is 31.3 Å². The normalized spacial score (nSPS) is 55.2. The summed E-state index contributed by atoms with van der Waals surface area (Å²) in [6.45, 7) is 10.2. The van der Waals surface area contributed by atoms with Crippen LogP contribution >= 0.6 is 0 Å². The summed E-state index contributed by atoms with van der Waals surface area (Å²) in [6.07, 6.45) is -30.2. The minimum Gasteiger partial charge on any atom is -0.479 e. The van der Waals surface area contributed by atoms with Gasteiger partial charge in [0.2, 0.25) is 0 Å². The third-order valence-corrected chi connectivity index (χ3v) is 20.7. The number of carbonyl (C=O) groups excluding carboxylic acids is 1. The molecule has 5 aliphatic carbocycles. The Morgan fingerprint density at radius 2 is 1.26 bits per heavy atom. The summed E-state index contributed by atoms with van der Waals surface area (Å²) in [5.41, 5.74) is -3.14. The van der Waals surface area contributed by atoms with Crippen LogP contribution in [0.15, 0.2) is 11.6 Å². The maximum atomic E-state index is 14.0. The first-order valence-corrected chi connectivity index (χ1v) is 26.8. The average Bonchev–Trinajstić information content (AvgIpc) is 3.38. The van der Waals surface area contributed by atoms with Crippen LogP contribution in [0.4, 0.5) is 0 Å². The molecule has 29 atom stereocenters. The van der Waals surface area contributed by atoms with E-state index in [2.05, 4.69) is 40.7 Å². The Labute approximate surface area is 440 Å². The second-order valence-corrected chi connectivity index (χ2v) is 25.3. The van der Waals surface area contributed by atoms with Gasteiger partial charge in [-0.05, 0) is 90.8 Å². The Morgan fingerprint density at radius 1 is 0.645 bits per heavy atom. The summed E-state index contributed by atoms with van der Waals surface area (Å²) in [4.78, 5) is 27.0. The first-order valence-electron chi connectivity index (χ1n) is 26.8. The highest BCUT2D eigenvalue weighted by Gasteiger charge is 2.72. The number of aliphatic hydroxyl groups is 13. The maximum Gasteiger partial charge on any atom is 0.335 e. The number of rotatable bonds is 12. The molecule has 9 rings (SSSR count). The molecule has 4 saturated carbocycles. The minimum absolute atomic E-state index is 0.0476. The van der Waals surface area contributed by atoms with E-state index in [4.69, 9.17) is 37.9 Å². The number of allylic oxidation sites excluding steroid dienone is 2. The molecule has 0 amide bonds. The number of hydrogen-bond acceptors (Lipinski definition) is 23. The highest BCUT2D eigenvalue weighted by Crippen LogP contribution is 2.76. The Hall–Kier alpha value is -1.96. The van der Waals surface area contributed by atoms with Crippen LogP contribution in [0, 0.1) is 50.2 Å². The summed E-state index contributed by atoms with van der Waals surface area (Å²) >= 11 is 0. The van der Waals surface area contributed by atoms with Crippen LogP contribution in [-0.2, 0) is 47.5 Å². The van der Waals surface area contributed by atoms with Gasteiger partial charge < -0.3 is 114 Å². The van der Waals surface area contributed by atoms with E-state index in [0.717, 1.165) is 11.9 Å². The minimum atomic E-state index is -2.24. The van der Waals surface area contributed by atoms with Gasteiger partial charge in [-0.1, -0.05) is 53.2 Å². The van der Waals surface area contributed by atoms with Crippen molar-refractivity contribution in [2.24, 2.45) is 50.2 Å². The van der Waals surface area contributed by atoms with E-state index < -0.39 is 182 Å². The van der Waals surface area contributed by atoms with E-state index in [1.54, 1.807) is 6.92 Å². The third kappa shape index (κ3) is 9.18. The molecular weight excluding hydrogens is 1010 g/mol. The van der Waals surface area contributed by atoms with Crippen molar-refractivity contribution in [2.45, 2.75) is 222 Å². The Kier molecular flexibility index (Phi) is 16.3. The van der Waals surface area contributed by atoms with Crippen LogP contribution in [0.2, 0.25) is 0 Å². The molecule has 4 saturated heterocycles. The van der Waals surface area contributed by atoms with Crippen molar-refractivity contribution in [1.29, 1.82) is 0 Å². The molecule has 8 fully saturated rings. The lowest BCUT2D eigenvalue weighted by Crippen LogP contribution is -2.70. The van der Waals surface area contributed by atoms with Crippen molar-refractivity contribution >= 4 is 12.3 Å². The molecule has 0 aromatic carbocycles. The molecule has 0 aromatic heterocycles. The van der Waals surface area contributed by atoms with Gasteiger partial charge in [-0.15, -0.1) is 0 Å². The molecule has 76 heavy (non-hydrogen) atoms. The Balaban J connectivity index is 1.05. The van der Waals surface area contributed by atoms with Gasteiger partial charge in [0.25, 0.3) is 0 Å². The molecule has 0 bridgehead atoms.